The van der Waals surface area contributed by atoms with Crippen LogP contribution in [0.2, 0.25) is 0 Å². The third-order valence-electron chi connectivity index (χ3n) is 4.95. The summed E-state index contributed by atoms with van der Waals surface area (Å²) in [5, 5.41) is 4.10. The normalized spacial score (nSPS) is 14.8. The van der Waals surface area contributed by atoms with Crippen molar-refractivity contribution < 1.29 is 21.6 Å². The maximum absolute atomic E-state index is 12.7. The molecule has 9 heteroatoms. The predicted octanol–water partition coefficient (Wildman–Crippen LogP) is 4.55. The molecular weight excluding hydrogens is 415 g/mol. The van der Waals surface area contributed by atoms with Crippen molar-refractivity contribution in [3.63, 3.8) is 0 Å². The summed E-state index contributed by atoms with van der Waals surface area (Å²) in [4.78, 5) is 4.32. The second kappa shape index (κ2) is 7.88. The number of hydrogen-bond acceptors (Lipinski definition) is 4. The van der Waals surface area contributed by atoms with E-state index in [9.17, 15) is 21.6 Å². The molecule has 1 aliphatic carbocycles. The van der Waals surface area contributed by atoms with Gasteiger partial charge in [0.2, 0.25) is 0 Å². The van der Waals surface area contributed by atoms with Crippen molar-refractivity contribution in [1.29, 1.82) is 0 Å². The van der Waals surface area contributed by atoms with Crippen LogP contribution in [0.1, 0.15) is 24.1 Å². The summed E-state index contributed by atoms with van der Waals surface area (Å²) in [5.41, 5.74) is 0.635. The van der Waals surface area contributed by atoms with Crippen molar-refractivity contribution in [2.45, 2.75) is 30.5 Å². The number of fused-ring (bicyclic) bond motifs is 1. The van der Waals surface area contributed by atoms with Gasteiger partial charge in [0.25, 0.3) is 10.0 Å². The molecule has 4 rings (SSSR count). The second-order valence-corrected chi connectivity index (χ2v) is 9.06. The van der Waals surface area contributed by atoms with E-state index in [2.05, 4.69) is 15.0 Å². The number of anilines is 1. The van der Waals surface area contributed by atoms with Gasteiger partial charge in [-0.05, 0) is 61.7 Å². The SMILES string of the molecule is O=S(=O)(Nc1cccc2ccc(CNCC3CC3)nc12)c1ccc(C(F)(F)F)cc1. The van der Waals surface area contributed by atoms with Crippen molar-refractivity contribution in [1.82, 2.24) is 10.3 Å². The van der Waals surface area contributed by atoms with Crippen molar-refractivity contribution in [2.24, 2.45) is 5.92 Å². The average molecular weight is 435 g/mol. The van der Waals surface area contributed by atoms with E-state index >= 15 is 0 Å². The molecule has 1 heterocycles. The molecule has 0 unspecified atom stereocenters. The quantitative estimate of drug-likeness (QED) is 0.571. The van der Waals surface area contributed by atoms with Crippen LogP contribution in [0.4, 0.5) is 18.9 Å². The van der Waals surface area contributed by atoms with E-state index in [1.54, 1.807) is 12.1 Å². The summed E-state index contributed by atoms with van der Waals surface area (Å²) in [7, 11) is -4.07. The molecule has 0 atom stereocenters. The third-order valence-corrected chi connectivity index (χ3v) is 6.33. The summed E-state index contributed by atoms with van der Waals surface area (Å²) < 4.78 is 66.1. The fourth-order valence-corrected chi connectivity index (χ4v) is 4.19. The van der Waals surface area contributed by atoms with Crippen LogP contribution in [-0.2, 0) is 22.7 Å². The first-order chi connectivity index (χ1) is 14.2. The van der Waals surface area contributed by atoms with Gasteiger partial charge in [-0.1, -0.05) is 18.2 Å². The molecule has 0 saturated heterocycles. The van der Waals surface area contributed by atoms with Crippen LogP contribution < -0.4 is 10.0 Å². The molecule has 1 saturated carbocycles. The minimum absolute atomic E-state index is 0.255. The number of halogens is 3. The van der Waals surface area contributed by atoms with Crippen LogP contribution in [-0.4, -0.2) is 19.9 Å². The number of pyridine rings is 1. The molecule has 0 aliphatic heterocycles. The van der Waals surface area contributed by atoms with E-state index in [4.69, 9.17) is 0 Å². The maximum atomic E-state index is 12.7. The van der Waals surface area contributed by atoms with Gasteiger partial charge in [-0.25, -0.2) is 13.4 Å². The first-order valence-electron chi connectivity index (χ1n) is 9.52. The van der Waals surface area contributed by atoms with Gasteiger partial charge in [0.1, 0.15) is 0 Å². The van der Waals surface area contributed by atoms with Crippen LogP contribution in [0.15, 0.2) is 59.5 Å². The van der Waals surface area contributed by atoms with Gasteiger partial charge >= 0.3 is 6.18 Å². The van der Waals surface area contributed by atoms with Crippen LogP contribution in [0.3, 0.4) is 0 Å². The van der Waals surface area contributed by atoms with Crippen LogP contribution in [0, 0.1) is 5.92 Å². The second-order valence-electron chi connectivity index (χ2n) is 7.38. The van der Waals surface area contributed by atoms with E-state index in [1.807, 2.05) is 18.2 Å². The lowest BCUT2D eigenvalue weighted by Crippen LogP contribution is -2.17. The Labute approximate surface area is 172 Å². The molecule has 3 aromatic rings. The van der Waals surface area contributed by atoms with Gasteiger partial charge in [0.15, 0.2) is 0 Å². The Morgan fingerprint density at radius 3 is 2.40 bits per heavy atom. The van der Waals surface area contributed by atoms with Crippen molar-refractivity contribution in [3.05, 3.63) is 65.9 Å². The molecule has 2 aromatic carbocycles. The van der Waals surface area contributed by atoms with Gasteiger partial charge in [-0.2, -0.15) is 13.2 Å². The Kier molecular flexibility index (Phi) is 5.42. The highest BCUT2D eigenvalue weighted by Crippen LogP contribution is 2.31. The highest BCUT2D eigenvalue weighted by Gasteiger charge is 2.30. The fraction of sp³-hybridized carbons (Fsp3) is 0.286. The van der Waals surface area contributed by atoms with Crippen molar-refractivity contribution in [3.8, 4) is 0 Å². The largest absolute Gasteiger partial charge is 0.416 e. The maximum Gasteiger partial charge on any atom is 0.416 e. The fourth-order valence-electron chi connectivity index (χ4n) is 3.12. The number of sulfonamides is 1. The molecule has 0 spiro atoms. The third kappa shape index (κ3) is 4.73. The molecule has 1 aromatic heterocycles. The molecule has 5 nitrogen and oxygen atoms in total. The highest BCUT2D eigenvalue weighted by atomic mass is 32.2. The highest BCUT2D eigenvalue weighted by molar-refractivity contribution is 7.92. The molecule has 1 aliphatic rings. The zero-order valence-corrected chi connectivity index (χ0v) is 16.7. The van der Waals surface area contributed by atoms with Gasteiger partial charge < -0.3 is 5.32 Å². The minimum Gasteiger partial charge on any atom is -0.311 e. The smallest absolute Gasteiger partial charge is 0.311 e. The summed E-state index contributed by atoms with van der Waals surface area (Å²) >= 11 is 0. The molecular formula is C21H20F3N3O2S. The number of rotatable bonds is 7. The zero-order valence-electron chi connectivity index (χ0n) is 15.9. The number of nitrogens with zero attached hydrogens (tertiary/aromatic N) is 1. The van der Waals surface area contributed by atoms with Gasteiger partial charge in [-0.3, -0.25) is 4.72 Å². The molecule has 30 heavy (non-hydrogen) atoms. The Hall–Kier alpha value is -2.65. The minimum atomic E-state index is -4.53. The molecule has 0 radical (unpaired) electrons. The zero-order chi connectivity index (χ0) is 21.4. The average Bonchev–Trinajstić information content (AvgIpc) is 3.52. The number of hydrogen-bond donors (Lipinski definition) is 2. The lowest BCUT2D eigenvalue weighted by atomic mass is 10.2. The van der Waals surface area contributed by atoms with E-state index in [0.29, 0.717) is 12.1 Å². The van der Waals surface area contributed by atoms with Gasteiger partial charge in [0.05, 0.1) is 27.4 Å². The van der Waals surface area contributed by atoms with Gasteiger partial charge in [-0.15, -0.1) is 0 Å². The van der Waals surface area contributed by atoms with Gasteiger partial charge in [0, 0.05) is 11.9 Å². The first-order valence-corrected chi connectivity index (χ1v) is 11.0. The summed E-state index contributed by atoms with van der Waals surface area (Å²) in [6.07, 6.45) is -2.04. The van der Waals surface area contributed by atoms with Crippen LogP contribution in [0.25, 0.3) is 10.9 Å². The number of alkyl halides is 3. The molecule has 2 N–H and O–H groups in total. The monoisotopic (exact) mass is 435 g/mol. The summed E-state index contributed by atoms with van der Waals surface area (Å²) in [5.74, 6) is 0.733. The van der Waals surface area contributed by atoms with E-state index in [-0.39, 0.29) is 10.6 Å². The Bertz CT molecular complexity index is 1160. The Morgan fingerprint density at radius 1 is 1.00 bits per heavy atom. The first kappa shape index (κ1) is 20.6. The van der Waals surface area contributed by atoms with Crippen molar-refractivity contribution >= 4 is 26.6 Å². The van der Waals surface area contributed by atoms with E-state index in [0.717, 1.165) is 47.8 Å². The molecule has 0 amide bonds. The summed E-state index contributed by atoms with van der Waals surface area (Å²) in [6.45, 7) is 1.51. The summed E-state index contributed by atoms with van der Waals surface area (Å²) in [6, 6.07) is 12.2. The van der Waals surface area contributed by atoms with E-state index in [1.165, 1.54) is 12.8 Å². The lowest BCUT2D eigenvalue weighted by molar-refractivity contribution is -0.137. The lowest BCUT2D eigenvalue weighted by Gasteiger charge is -2.12. The predicted molar refractivity (Wildman–Crippen MR) is 108 cm³/mol. The Morgan fingerprint density at radius 2 is 1.73 bits per heavy atom. The molecule has 158 valence electrons. The van der Waals surface area contributed by atoms with Crippen LogP contribution >= 0.6 is 0 Å². The number of aromatic nitrogens is 1. The molecule has 0 bridgehead atoms. The number of para-hydroxylation sites is 1. The van der Waals surface area contributed by atoms with Crippen molar-refractivity contribution in [2.75, 3.05) is 11.3 Å². The Balaban J connectivity index is 1.58. The van der Waals surface area contributed by atoms with E-state index < -0.39 is 21.8 Å². The number of nitrogens with one attached hydrogen (secondary N) is 2. The molecule has 1 fully saturated rings. The topological polar surface area (TPSA) is 71.1 Å². The standard InChI is InChI=1S/C21H20F3N3O2S/c22-21(23,24)16-7-10-18(11-8-16)30(28,29)27-19-3-1-2-15-6-9-17(26-20(15)19)13-25-12-14-4-5-14/h1-3,6-11,14,25,27H,4-5,12-13H2. The van der Waals surface area contributed by atoms with Crippen LogP contribution in [0.5, 0.6) is 0 Å². The number of benzene rings is 2.